The van der Waals surface area contributed by atoms with Crippen molar-refractivity contribution in [1.29, 1.82) is 0 Å². The minimum Gasteiger partial charge on any atom is -0.324 e. The van der Waals surface area contributed by atoms with Crippen LogP contribution in [0.2, 0.25) is 0 Å². The Bertz CT molecular complexity index is 821. The minimum atomic E-state index is -1.19. The number of carbonyl (C=O) groups excluding carboxylic acids is 2. The van der Waals surface area contributed by atoms with Gasteiger partial charge in [-0.05, 0) is 44.0 Å². The van der Waals surface area contributed by atoms with E-state index in [1.165, 1.54) is 11.8 Å². The van der Waals surface area contributed by atoms with Gasteiger partial charge in [0.05, 0.1) is 5.69 Å². The summed E-state index contributed by atoms with van der Waals surface area (Å²) in [6.07, 6.45) is 0.818. The van der Waals surface area contributed by atoms with Gasteiger partial charge in [0, 0.05) is 17.1 Å². The summed E-state index contributed by atoms with van der Waals surface area (Å²) in [5.41, 5.74) is 2.70. The van der Waals surface area contributed by atoms with Crippen molar-refractivity contribution >= 4 is 35.0 Å². The van der Waals surface area contributed by atoms with Crippen molar-refractivity contribution in [1.82, 2.24) is 0 Å². The number of hydrogen-bond donors (Lipinski definition) is 1. The van der Waals surface area contributed by atoms with Gasteiger partial charge in [-0.1, -0.05) is 49.0 Å². The molecular formula is C20H22N2O2S. The Morgan fingerprint density at radius 3 is 2.52 bits per heavy atom. The van der Waals surface area contributed by atoms with Crippen molar-refractivity contribution in [3.63, 3.8) is 0 Å². The molecule has 1 aliphatic heterocycles. The molecule has 3 rings (SSSR count). The maximum atomic E-state index is 13.1. The first kappa shape index (κ1) is 17.5. The van der Waals surface area contributed by atoms with Crippen molar-refractivity contribution in [3.8, 4) is 0 Å². The highest BCUT2D eigenvalue weighted by Crippen LogP contribution is 2.45. The molecule has 4 nitrogen and oxygen atoms in total. The van der Waals surface area contributed by atoms with Crippen LogP contribution < -0.4 is 10.2 Å². The van der Waals surface area contributed by atoms with Gasteiger partial charge in [-0.15, -0.1) is 0 Å². The van der Waals surface area contributed by atoms with Gasteiger partial charge in [0.15, 0.2) is 4.75 Å². The summed E-state index contributed by atoms with van der Waals surface area (Å²) in [6.45, 7) is 6.21. The molecule has 0 saturated carbocycles. The summed E-state index contributed by atoms with van der Waals surface area (Å²) in [5.74, 6) is -0.457. The van der Waals surface area contributed by atoms with E-state index in [1.54, 1.807) is 11.8 Å². The molecule has 0 aromatic heterocycles. The van der Waals surface area contributed by atoms with E-state index in [1.807, 2.05) is 62.4 Å². The van der Waals surface area contributed by atoms with Gasteiger partial charge >= 0.3 is 0 Å². The molecule has 1 N–H and O–H groups in total. The van der Waals surface area contributed by atoms with Crippen LogP contribution in [-0.2, 0) is 16.0 Å². The van der Waals surface area contributed by atoms with Gasteiger partial charge in [-0.3, -0.25) is 9.59 Å². The molecule has 0 fully saturated rings. The third-order valence-electron chi connectivity index (χ3n) is 4.52. The Morgan fingerprint density at radius 1 is 1.12 bits per heavy atom. The third kappa shape index (κ3) is 3.04. The summed E-state index contributed by atoms with van der Waals surface area (Å²) >= 11 is 1.32. The topological polar surface area (TPSA) is 49.4 Å². The average Bonchev–Trinajstić information content (AvgIpc) is 2.63. The number of nitrogens with zero attached hydrogens (tertiary/aromatic N) is 1. The lowest BCUT2D eigenvalue weighted by molar-refractivity contribution is -0.128. The van der Waals surface area contributed by atoms with Gasteiger partial charge < -0.3 is 10.2 Å². The molecule has 1 atom stereocenters. The summed E-state index contributed by atoms with van der Waals surface area (Å²) in [5, 5.41) is 2.97. The number of amides is 2. The molecule has 2 aromatic carbocycles. The van der Waals surface area contributed by atoms with Crippen LogP contribution in [0, 0.1) is 0 Å². The van der Waals surface area contributed by atoms with Crippen LogP contribution in [0.5, 0.6) is 0 Å². The first-order valence-corrected chi connectivity index (χ1v) is 9.32. The summed E-state index contributed by atoms with van der Waals surface area (Å²) < 4.78 is -1.19. The van der Waals surface area contributed by atoms with Gasteiger partial charge in [0.2, 0.25) is 5.91 Å². The fourth-order valence-electron chi connectivity index (χ4n) is 3.05. The second kappa shape index (κ2) is 6.92. The van der Waals surface area contributed by atoms with Crippen LogP contribution >= 0.6 is 11.8 Å². The van der Waals surface area contributed by atoms with Gasteiger partial charge in [0.25, 0.3) is 5.91 Å². The zero-order chi connectivity index (χ0) is 18.0. The number of nitrogens with one attached hydrogen (secondary N) is 1. The zero-order valence-corrected chi connectivity index (χ0v) is 15.5. The minimum absolute atomic E-state index is 0.176. The van der Waals surface area contributed by atoms with E-state index in [2.05, 4.69) is 5.32 Å². The van der Waals surface area contributed by atoms with Crippen molar-refractivity contribution in [2.75, 3.05) is 16.8 Å². The quantitative estimate of drug-likeness (QED) is 0.841. The van der Waals surface area contributed by atoms with E-state index in [4.69, 9.17) is 0 Å². The molecule has 1 heterocycles. The standard InChI is InChI=1S/C20H22N2O2S/c1-4-14-10-6-7-11-15(14)21-18(23)20(3)19(24)22(5-2)16-12-8-9-13-17(16)25-20/h6-13H,4-5H2,1-3H3,(H,21,23). The summed E-state index contributed by atoms with van der Waals surface area (Å²) in [7, 11) is 0. The third-order valence-corrected chi connectivity index (χ3v) is 5.85. The number of carbonyl (C=O) groups is 2. The van der Waals surface area contributed by atoms with E-state index in [-0.39, 0.29) is 11.8 Å². The van der Waals surface area contributed by atoms with E-state index in [9.17, 15) is 9.59 Å². The summed E-state index contributed by atoms with van der Waals surface area (Å²) in [4.78, 5) is 28.8. The van der Waals surface area contributed by atoms with Crippen LogP contribution in [0.3, 0.4) is 0 Å². The number of fused-ring (bicyclic) bond motifs is 1. The van der Waals surface area contributed by atoms with E-state index >= 15 is 0 Å². The number of aryl methyl sites for hydroxylation is 1. The molecule has 25 heavy (non-hydrogen) atoms. The lowest BCUT2D eigenvalue weighted by Gasteiger charge is -2.38. The highest BCUT2D eigenvalue weighted by molar-refractivity contribution is 8.02. The SMILES string of the molecule is CCc1ccccc1NC(=O)C1(C)Sc2ccccc2N(CC)C1=O. The lowest BCUT2D eigenvalue weighted by Crippen LogP contribution is -2.54. The van der Waals surface area contributed by atoms with Crippen molar-refractivity contribution in [2.45, 2.75) is 36.8 Å². The molecule has 1 aliphatic rings. The van der Waals surface area contributed by atoms with Crippen molar-refractivity contribution in [3.05, 3.63) is 54.1 Å². The number of thioether (sulfide) groups is 1. The smallest absolute Gasteiger partial charge is 0.252 e. The van der Waals surface area contributed by atoms with Crippen LogP contribution in [0.15, 0.2) is 53.4 Å². The molecule has 0 bridgehead atoms. The fraction of sp³-hybridized carbons (Fsp3) is 0.300. The average molecular weight is 354 g/mol. The van der Waals surface area contributed by atoms with Crippen molar-refractivity contribution < 1.29 is 9.59 Å². The normalized spacial score (nSPS) is 19.5. The van der Waals surface area contributed by atoms with Crippen LogP contribution in [0.4, 0.5) is 11.4 Å². The maximum absolute atomic E-state index is 13.1. The zero-order valence-electron chi connectivity index (χ0n) is 14.7. The monoisotopic (exact) mass is 354 g/mol. The van der Waals surface area contributed by atoms with Crippen molar-refractivity contribution in [2.24, 2.45) is 0 Å². The van der Waals surface area contributed by atoms with Gasteiger partial charge in [0.1, 0.15) is 0 Å². The maximum Gasteiger partial charge on any atom is 0.252 e. The van der Waals surface area contributed by atoms with E-state index in [0.29, 0.717) is 6.54 Å². The predicted molar refractivity (Wildman–Crippen MR) is 103 cm³/mol. The molecule has 130 valence electrons. The highest BCUT2D eigenvalue weighted by Gasteiger charge is 2.48. The Balaban J connectivity index is 1.95. The number of para-hydroxylation sites is 2. The predicted octanol–water partition coefficient (Wildman–Crippen LogP) is 4.11. The lowest BCUT2D eigenvalue weighted by atomic mass is 10.1. The molecule has 0 radical (unpaired) electrons. The van der Waals surface area contributed by atoms with Crippen LogP contribution in [0.25, 0.3) is 0 Å². The van der Waals surface area contributed by atoms with E-state index in [0.717, 1.165) is 28.3 Å². The van der Waals surface area contributed by atoms with E-state index < -0.39 is 4.75 Å². The highest BCUT2D eigenvalue weighted by atomic mass is 32.2. The van der Waals surface area contributed by atoms with Crippen LogP contribution in [-0.4, -0.2) is 23.1 Å². The molecule has 0 spiro atoms. The fourth-order valence-corrected chi connectivity index (χ4v) is 4.26. The molecule has 5 heteroatoms. The Kier molecular flexibility index (Phi) is 4.86. The Labute approximate surface area is 152 Å². The number of rotatable bonds is 4. The number of anilines is 2. The first-order valence-electron chi connectivity index (χ1n) is 8.50. The molecule has 0 saturated heterocycles. The van der Waals surface area contributed by atoms with Crippen LogP contribution in [0.1, 0.15) is 26.3 Å². The first-order chi connectivity index (χ1) is 12.0. The molecule has 2 amide bonds. The molecule has 0 aliphatic carbocycles. The second-order valence-electron chi connectivity index (χ2n) is 6.12. The molecule has 2 aromatic rings. The Hall–Kier alpha value is -2.27. The number of benzene rings is 2. The number of hydrogen-bond acceptors (Lipinski definition) is 3. The second-order valence-corrected chi connectivity index (χ2v) is 7.58. The van der Waals surface area contributed by atoms with Gasteiger partial charge in [-0.2, -0.15) is 0 Å². The largest absolute Gasteiger partial charge is 0.324 e. The molecular weight excluding hydrogens is 332 g/mol. The molecule has 1 unspecified atom stereocenters. The Morgan fingerprint density at radius 2 is 1.80 bits per heavy atom. The van der Waals surface area contributed by atoms with Gasteiger partial charge in [-0.25, -0.2) is 0 Å². The summed E-state index contributed by atoms with van der Waals surface area (Å²) in [6, 6.07) is 15.4.